The minimum Gasteiger partial charge on any atom is -0.342 e. The van der Waals surface area contributed by atoms with Crippen molar-refractivity contribution in [2.75, 3.05) is 6.54 Å². The maximum Gasteiger partial charge on any atom is 0.110 e. The Hall–Kier alpha value is -1.35. The van der Waals surface area contributed by atoms with Crippen molar-refractivity contribution < 1.29 is 0 Å². The van der Waals surface area contributed by atoms with Crippen LogP contribution >= 0.6 is 0 Å². The zero-order valence-corrected chi connectivity index (χ0v) is 9.87. The minimum atomic E-state index is 0.277. The topological polar surface area (TPSA) is 54.7 Å². The Morgan fingerprint density at radius 2 is 2.18 bits per heavy atom. The van der Waals surface area contributed by atoms with E-state index in [2.05, 4.69) is 28.2 Å². The SMILES string of the molecule is NCC1(c2ccc3nc(C4CC4)[nH]c3c2)CC1. The van der Waals surface area contributed by atoms with Gasteiger partial charge >= 0.3 is 0 Å². The first-order valence-corrected chi connectivity index (χ1v) is 6.51. The molecule has 1 heterocycles. The first kappa shape index (κ1) is 9.66. The maximum absolute atomic E-state index is 5.88. The quantitative estimate of drug-likeness (QED) is 0.846. The third kappa shape index (κ3) is 1.42. The van der Waals surface area contributed by atoms with E-state index in [4.69, 9.17) is 5.73 Å². The fourth-order valence-corrected chi connectivity index (χ4v) is 2.67. The van der Waals surface area contributed by atoms with Gasteiger partial charge in [0, 0.05) is 17.9 Å². The van der Waals surface area contributed by atoms with Gasteiger partial charge in [-0.15, -0.1) is 0 Å². The van der Waals surface area contributed by atoms with Crippen LogP contribution in [0.15, 0.2) is 18.2 Å². The van der Waals surface area contributed by atoms with Crippen LogP contribution in [-0.2, 0) is 5.41 Å². The molecule has 0 amide bonds. The van der Waals surface area contributed by atoms with Crippen molar-refractivity contribution in [2.45, 2.75) is 37.0 Å². The molecule has 4 rings (SSSR count). The number of aromatic amines is 1. The number of H-pyrrole nitrogens is 1. The fourth-order valence-electron chi connectivity index (χ4n) is 2.67. The number of hydrogen-bond acceptors (Lipinski definition) is 2. The Morgan fingerprint density at radius 1 is 1.35 bits per heavy atom. The van der Waals surface area contributed by atoms with Crippen molar-refractivity contribution >= 4 is 11.0 Å². The van der Waals surface area contributed by atoms with Gasteiger partial charge in [-0.1, -0.05) is 6.07 Å². The molecule has 0 radical (unpaired) electrons. The van der Waals surface area contributed by atoms with Crippen molar-refractivity contribution in [1.29, 1.82) is 0 Å². The zero-order chi connectivity index (χ0) is 11.5. The smallest absolute Gasteiger partial charge is 0.110 e. The Bertz CT molecular complexity index is 576. The first-order valence-electron chi connectivity index (χ1n) is 6.51. The van der Waals surface area contributed by atoms with E-state index in [0.717, 1.165) is 12.1 Å². The summed E-state index contributed by atoms with van der Waals surface area (Å²) in [6, 6.07) is 6.61. The van der Waals surface area contributed by atoms with E-state index in [1.54, 1.807) is 0 Å². The van der Waals surface area contributed by atoms with Crippen molar-refractivity contribution in [3.8, 4) is 0 Å². The molecule has 88 valence electrons. The summed E-state index contributed by atoms with van der Waals surface area (Å²) >= 11 is 0. The Kier molecular flexibility index (Phi) is 1.76. The van der Waals surface area contributed by atoms with Crippen LogP contribution in [0, 0.1) is 0 Å². The number of imidazole rings is 1. The van der Waals surface area contributed by atoms with E-state index in [9.17, 15) is 0 Å². The van der Waals surface area contributed by atoms with Gasteiger partial charge in [0.05, 0.1) is 11.0 Å². The van der Waals surface area contributed by atoms with E-state index < -0.39 is 0 Å². The van der Waals surface area contributed by atoms with Gasteiger partial charge in [0.1, 0.15) is 5.82 Å². The fraction of sp³-hybridized carbons (Fsp3) is 0.500. The lowest BCUT2D eigenvalue weighted by molar-refractivity contribution is 0.706. The number of aromatic nitrogens is 2. The summed E-state index contributed by atoms with van der Waals surface area (Å²) in [5.41, 5.74) is 9.83. The van der Waals surface area contributed by atoms with E-state index in [1.165, 1.54) is 42.6 Å². The normalized spacial score (nSPS) is 21.9. The van der Waals surface area contributed by atoms with Crippen LogP contribution in [0.3, 0.4) is 0 Å². The average molecular weight is 227 g/mol. The largest absolute Gasteiger partial charge is 0.342 e. The van der Waals surface area contributed by atoms with Gasteiger partial charge in [-0.2, -0.15) is 0 Å². The number of hydrogen-bond donors (Lipinski definition) is 2. The van der Waals surface area contributed by atoms with Gasteiger partial charge in [0.15, 0.2) is 0 Å². The summed E-state index contributed by atoms with van der Waals surface area (Å²) in [7, 11) is 0. The van der Waals surface area contributed by atoms with Crippen molar-refractivity contribution in [3.63, 3.8) is 0 Å². The minimum absolute atomic E-state index is 0.277. The highest BCUT2D eigenvalue weighted by Crippen LogP contribution is 2.47. The molecule has 0 bridgehead atoms. The summed E-state index contributed by atoms with van der Waals surface area (Å²) in [6.45, 7) is 0.766. The van der Waals surface area contributed by atoms with Crippen LogP contribution in [0.25, 0.3) is 11.0 Å². The molecule has 3 N–H and O–H groups in total. The van der Waals surface area contributed by atoms with Crippen LogP contribution in [0.4, 0.5) is 0 Å². The maximum atomic E-state index is 5.88. The van der Waals surface area contributed by atoms with E-state index >= 15 is 0 Å². The van der Waals surface area contributed by atoms with Gasteiger partial charge in [-0.25, -0.2) is 4.98 Å². The van der Waals surface area contributed by atoms with Crippen LogP contribution in [0.2, 0.25) is 0 Å². The van der Waals surface area contributed by atoms with E-state index in [0.29, 0.717) is 5.92 Å². The lowest BCUT2D eigenvalue weighted by Crippen LogP contribution is -2.19. The van der Waals surface area contributed by atoms with Crippen LogP contribution in [-0.4, -0.2) is 16.5 Å². The molecular weight excluding hydrogens is 210 g/mol. The standard InChI is InChI=1S/C14H17N3/c15-8-14(5-6-14)10-3-4-11-12(7-10)17-13(16-11)9-1-2-9/h3-4,7,9H,1-2,5-6,8,15H2,(H,16,17). The van der Waals surface area contributed by atoms with Gasteiger partial charge in [-0.3, -0.25) is 0 Å². The first-order chi connectivity index (χ1) is 8.31. The second kappa shape index (κ2) is 3.10. The van der Waals surface area contributed by atoms with Crippen LogP contribution < -0.4 is 5.73 Å². The third-order valence-electron chi connectivity index (χ3n) is 4.32. The molecule has 0 atom stereocenters. The Labute approximate surface area is 100 Å². The number of nitrogens with one attached hydrogen (secondary N) is 1. The molecule has 2 fully saturated rings. The third-order valence-corrected chi connectivity index (χ3v) is 4.32. The average Bonchev–Trinajstić information content (AvgIpc) is 3.25. The van der Waals surface area contributed by atoms with Crippen molar-refractivity contribution in [3.05, 3.63) is 29.6 Å². The lowest BCUT2D eigenvalue weighted by Gasteiger charge is -2.12. The molecule has 2 saturated carbocycles. The van der Waals surface area contributed by atoms with E-state index in [-0.39, 0.29) is 5.41 Å². The summed E-state index contributed by atoms with van der Waals surface area (Å²) in [5.74, 6) is 1.87. The summed E-state index contributed by atoms with van der Waals surface area (Å²) in [4.78, 5) is 8.13. The summed E-state index contributed by atoms with van der Waals surface area (Å²) in [5, 5.41) is 0. The van der Waals surface area contributed by atoms with Gasteiger partial charge in [-0.05, 0) is 43.4 Å². The van der Waals surface area contributed by atoms with Crippen molar-refractivity contribution in [1.82, 2.24) is 9.97 Å². The number of benzene rings is 1. The lowest BCUT2D eigenvalue weighted by atomic mass is 9.96. The zero-order valence-electron chi connectivity index (χ0n) is 9.87. The van der Waals surface area contributed by atoms with Gasteiger partial charge in [0.25, 0.3) is 0 Å². The molecule has 1 aromatic heterocycles. The molecule has 2 aliphatic rings. The molecule has 3 heteroatoms. The predicted octanol–water partition coefficient (Wildman–Crippen LogP) is 2.43. The monoisotopic (exact) mass is 227 g/mol. The molecule has 3 nitrogen and oxygen atoms in total. The molecule has 17 heavy (non-hydrogen) atoms. The molecule has 0 unspecified atom stereocenters. The Balaban J connectivity index is 1.80. The highest BCUT2D eigenvalue weighted by molar-refractivity contribution is 5.76. The highest BCUT2D eigenvalue weighted by Gasteiger charge is 2.42. The second-order valence-corrected chi connectivity index (χ2v) is 5.61. The predicted molar refractivity (Wildman–Crippen MR) is 68.0 cm³/mol. The number of nitrogens with two attached hydrogens (primary N) is 1. The molecule has 2 aromatic rings. The molecule has 2 aliphatic carbocycles. The molecule has 1 aromatic carbocycles. The number of fused-ring (bicyclic) bond motifs is 1. The van der Waals surface area contributed by atoms with E-state index in [1.807, 2.05) is 0 Å². The van der Waals surface area contributed by atoms with Gasteiger partial charge < -0.3 is 10.7 Å². The van der Waals surface area contributed by atoms with Crippen LogP contribution in [0.5, 0.6) is 0 Å². The molecule has 0 saturated heterocycles. The van der Waals surface area contributed by atoms with Crippen LogP contribution in [0.1, 0.15) is 43.0 Å². The molecule has 0 aliphatic heterocycles. The molecular formula is C14H17N3. The number of nitrogens with zero attached hydrogens (tertiary/aromatic N) is 1. The summed E-state index contributed by atoms with van der Waals surface area (Å²) in [6.07, 6.45) is 5.05. The molecule has 0 spiro atoms. The number of rotatable bonds is 3. The highest BCUT2D eigenvalue weighted by atomic mass is 14.9. The second-order valence-electron chi connectivity index (χ2n) is 5.61. The summed E-state index contributed by atoms with van der Waals surface area (Å²) < 4.78 is 0. The van der Waals surface area contributed by atoms with Gasteiger partial charge in [0.2, 0.25) is 0 Å². The Morgan fingerprint density at radius 3 is 2.82 bits per heavy atom. The van der Waals surface area contributed by atoms with Crippen molar-refractivity contribution in [2.24, 2.45) is 5.73 Å².